The fraction of sp³-hybridized carbons (Fsp3) is 0.385. The van der Waals surface area contributed by atoms with Crippen molar-refractivity contribution in [1.82, 2.24) is 25.0 Å². The van der Waals surface area contributed by atoms with Gasteiger partial charge in [0.05, 0.1) is 20.0 Å². The zero-order chi connectivity index (χ0) is 24.2. The number of thioether (sulfide) groups is 1. The van der Waals surface area contributed by atoms with Gasteiger partial charge in [-0.05, 0) is 50.1 Å². The molecule has 0 aliphatic heterocycles. The number of rotatable bonds is 8. The van der Waals surface area contributed by atoms with Crippen LogP contribution in [0.15, 0.2) is 52.0 Å². The van der Waals surface area contributed by atoms with E-state index >= 15 is 0 Å². The van der Waals surface area contributed by atoms with Gasteiger partial charge in [0.15, 0.2) is 22.5 Å². The Morgan fingerprint density at radius 2 is 1.63 bits per heavy atom. The van der Waals surface area contributed by atoms with Gasteiger partial charge in [-0.1, -0.05) is 48.7 Å². The Balaban J connectivity index is 1.41. The molecule has 1 aliphatic rings. The van der Waals surface area contributed by atoms with E-state index in [2.05, 4.69) is 31.9 Å². The number of methoxy groups -OCH3 is 2. The molecule has 0 bridgehead atoms. The summed E-state index contributed by atoms with van der Waals surface area (Å²) >= 11 is 1.58. The van der Waals surface area contributed by atoms with Crippen LogP contribution in [0.2, 0.25) is 0 Å². The van der Waals surface area contributed by atoms with Crippen LogP contribution < -0.4 is 9.47 Å². The fourth-order valence-electron chi connectivity index (χ4n) is 4.47. The van der Waals surface area contributed by atoms with Gasteiger partial charge in [-0.25, -0.2) is 0 Å². The van der Waals surface area contributed by atoms with Crippen molar-refractivity contribution >= 4 is 11.8 Å². The van der Waals surface area contributed by atoms with Gasteiger partial charge in [0, 0.05) is 17.2 Å². The summed E-state index contributed by atoms with van der Waals surface area (Å²) in [6, 6.07) is 14.3. The molecule has 1 aliphatic carbocycles. The molecule has 0 N–H and O–H groups in total. The van der Waals surface area contributed by atoms with Gasteiger partial charge >= 0.3 is 0 Å². The molecule has 0 amide bonds. The molecular weight excluding hydrogens is 462 g/mol. The summed E-state index contributed by atoms with van der Waals surface area (Å²) in [4.78, 5) is 0. The Morgan fingerprint density at radius 3 is 2.37 bits per heavy atom. The van der Waals surface area contributed by atoms with E-state index in [9.17, 15) is 0 Å². The molecule has 0 radical (unpaired) electrons. The van der Waals surface area contributed by atoms with E-state index < -0.39 is 0 Å². The summed E-state index contributed by atoms with van der Waals surface area (Å²) in [5.74, 6) is 3.82. The largest absolute Gasteiger partial charge is 0.493 e. The number of aryl methyl sites for hydroxylation is 1. The van der Waals surface area contributed by atoms with Gasteiger partial charge in [-0.15, -0.1) is 20.4 Å². The lowest BCUT2D eigenvalue weighted by Gasteiger charge is -2.25. The van der Waals surface area contributed by atoms with Crippen molar-refractivity contribution in [3.63, 3.8) is 0 Å². The number of ether oxygens (including phenoxy) is 2. The zero-order valence-corrected chi connectivity index (χ0v) is 21.0. The summed E-state index contributed by atoms with van der Waals surface area (Å²) in [5, 5.41) is 18.5. The van der Waals surface area contributed by atoms with Crippen molar-refractivity contribution in [1.29, 1.82) is 0 Å². The molecule has 2 aromatic carbocycles. The first-order chi connectivity index (χ1) is 17.2. The molecule has 182 valence electrons. The topological polar surface area (TPSA) is 88.1 Å². The van der Waals surface area contributed by atoms with Gasteiger partial charge in [-0.2, -0.15) is 0 Å². The average Bonchev–Trinajstić information content (AvgIpc) is 3.55. The highest BCUT2D eigenvalue weighted by Crippen LogP contribution is 2.38. The van der Waals surface area contributed by atoms with Crippen LogP contribution in [0.3, 0.4) is 0 Å². The third-order valence-corrected chi connectivity index (χ3v) is 7.26. The number of benzene rings is 2. The summed E-state index contributed by atoms with van der Waals surface area (Å²) < 4.78 is 19.1. The Morgan fingerprint density at radius 1 is 0.886 bits per heavy atom. The second-order valence-electron chi connectivity index (χ2n) is 8.69. The molecule has 4 aromatic rings. The predicted octanol–water partition coefficient (Wildman–Crippen LogP) is 6.12. The molecule has 1 fully saturated rings. The monoisotopic (exact) mass is 491 g/mol. The molecule has 0 atom stereocenters. The van der Waals surface area contributed by atoms with Crippen LogP contribution in [0.5, 0.6) is 11.5 Å². The summed E-state index contributed by atoms with van der Waals surface area (Å²) in [6.45, 7) is 2.05. The van der Waals surface area contributed by atoms with Gasteiger partial charge in [0.25, 0.3) is 0 Å². The van der Waals surface area contributed by atoms with Crippen molar-refractivity contribution in [2.24, 2.45) is 0 Å². The molecular formula is C26H29N5O3S. The fourth-order valence-corrected chi connectivity index (χ4v) is 5.31. The maximum Gasteiger partial charge on any atom is 0.247 e. The number of aromatic nitrogens is 5. The number of hydrogen-bond donors (Lipinski definition) is 0. The van der Waals surface area contributed by atoms with E-state index in [-0.39, 0.29) is 0 Å². The number of hydrogen-bond acceptors (Lipinski definition) is 8. The second-order valence-corrected chi connectivity index (χ2v) is 9.64. The van der Waals surface area contributed by atoms with Crippen LogP contribution in [0, 0.1) is 6.92 Å². The van der Waals surface area contributed by atoms with Crippen molar-refractivity contribution < 1.29 is 13.9 Å². The van der Waals surface area contributed by atoms with E-state index in [1.807, 2.05) is 42.5 Å². The summed E-state index contributed by atoms with van der Waals surface area (Å²) in [7, 11) is 3.28. The minimum Gasteiger partial charge on any atom is -0.493 e. The van der Waals surface area contributed by atoms with Crippen molar-refractivity contribution in [2.45, 2.75) is 56.0 Å². The van der Waals surface area contributed by atoms with E-state index in [1.165, 1.54) is 24.8 Å². The highest BCUT2D eigenvalue weighted by molar-refractivity contribution is 7.98. The molecule has 2 heterocycles. The van der Waals surface area contributed by atoms with Crippen LogP contribution in [0.1, 0.15) is 49.6 Å². The molecule has 1 saturated carbocycles. The molecule has 2 aromatic heterocycles. The lowest BCUT2D eigenvalue weighted by Crippen LogP contribution is -2.15. The molecule has 0 saturated heterocycles. The highest BCUT2D eigenvalue weighted by Gasteiger charge is 2.25. The predicted molar refractivity (Wildman–Crippen MR) is 135 cm³/mol. The minimum atomic E-state index is 0.357. The Labute approximate surface area is 209 Å². The Kier molecular flexibility index (Phi) is 7.03. The summed E-state index contributed by atoms with van der Waals surface area (Å²) in [5.41, 5.74) is 3.06. The van der Waals surface area contributed by atoms with Crippen LogP contribution in [-0.2, 0) is 5.75 Å². The molecule has 0 unspecified atom stereocenters. The Bertz CT molecular complexity index is 1280. The lowest BCUT2D eigenvalue weighted by atomic mass is 9.95. The standard InChI is InChI=1S/C26H29N5O3S/c1-17-9-11-18(12-10-17)25-29-27-23(34-25)16-35-26-30-28-24(31(26)20-7-5-4-6-8-20)19-13-14-21(32-2)22(15-19)33-3/h9-15,20H,4-8,16H2,1-3H3. The van der Waals surface area contributed by atoms with E-state index in [0.717, 1.165) is 34.9 Å². The van der Waals surface area contributed by atoms with E-state index in [1.54, 1.807) is 26.0 Å². The van der Waals surface area contributed by atoms with Gasteiger partial charge < -0.3 is 13.9 Å². The van der Waals surface area contributed by atoms with Crippen LogP contribution in [-0.4, -0.2) is 39.2 Å². The minimum absolute atomic E-state index is 0.357. The highest BCUT2D eigenvalue weighted by atomic mass is 32.2. The first-order valence-corrected chi connectivity index (χ1v) is 12.8. The van der Waals surface area contributed by atoms with Gasteiger partial charge in [-0.3, -0.25) is 4.57 Å². The first-order valence-electron chi connectivity index (χ1n) is 11.9. The molecule has 8 nitrogen and oxygen atoms in total. The first kappa shape index (κ1) is 23.4. The normalized spacial score (nSPS) is 14.3. The smallest absolute Gasteiger partial charge is 0.247 e. The lowest BCUT2D eigenvalue weighted by molar-refractivity contribution is 0.338. The summed E-state index contributed by atoms with van der Waals surface area (Å²) in [6.07, 6.45) is 5.92. The van der Waals surface area contributed by atoms with Crippen molar-refractivity contribution in [2.75, 3.05) is 14.2 Å². The van der Waals surface area contributed by atoms with Crippen LogP contribution in [0.25, 0.3) is 22.8 Å². The average molecular weight is 492 g/mol. The van der Waals surface area contributed by atoms with E-state index in [0.29, 0.717) is 35.1 Å². The van der Waals surface area contributed by atoms with Crippen molar-refractivity contribution in [3.05, 3.63) is 53.9 Å². The zero-order valence-electron chi connectivity index (χ0n) is 20.2. The van der Waals surface area contributed by atoms with Gasteiger partial charge in [0.2, 0.25) is 11.8 Å². The number of nitrogens with zero attached hydrogens (tertiary/aromatic N) is 5. The van der Waals surface area contributed by atoms with Gasteiger partial charge in [0.1, 0.15) is 0 Å². The van der Waals surface area contributed by atoms with Crippen LogP contribution in [0.4, 0.5) is 0 Å². The maximum absolute atomic E-state index is 5.93. The van der Waals surface area contributed by atoms with Crippen molar-refractivity contribution in [3.8, 4) is 34.3 Å². The second kappa shape index (κ2) is 10.5. The molecule has 0 spiro atoms. The quantitative estimate of drug-likeness (QED) is 0.273. The maximum atomic E-state index is 5.93. The molecule has 35 heavy (non-hydrogen) atoms. The third kappa shape index (κ3) is 5.05. The SMILES string of the molecule is COc1ccc(-c2nnc(SCc3nnc(-c4ccc(C)cc4)o3)n2C2CCCCC2)cc1OC. The molecule has 5 rings (SSSR count). The Hall–Kier alpha value is -3.33. The third-order valence-electron chi connectivity index (χ3n) is 6.34. The molecule has 9 heteroatoms. The van der Waals surface area contributed by atoms with E-state index in [4.69, 9.17) is 13.9 Å². The van der Waals surface area contributed by atoms with Crippen LogP contribution >= 0.6 is 11.8 Å².